The van der Waals surface area contributed by atoms with Gasteiger partial charge in [-0.25, -0.2) is 4.79 Å². The van der Waals surface area contributed by atoms with Crippen molar-refractivity contribution < 1.29 is 4.79 Å². The van der Waals surface area contributed by atoms with Crippen molar-refractivity contribution in [1.82, 2.24) is 5.32 Å². The van der Waals surface area contributed by atoms with Crippen LogP contribution in [0.2, 0.25) is 5.02 Å². The molecule has 4 heteroatoms. The summed E-state index contributed by atoms with van der Waals surface area (Å²) in [6.07, 6.45) is 13.0. The molecule has 130 valence electrons. The lowest BCUT2D eigenvalue weighted by molar-refractivity contribution is 0.252. The molecular formula is C19H31ClN2O. The summed E-state index contributed by atoms with van der Waals surface area (Å²) < 4.78 is 0. The second-order valence-electron chi connectivity index (χ2n) is 6.07. The van der Waals surface area contributed by atoms with Crippen LogP contribution in [-0.2, 0) is 0 Å². The van der Waals surface area contributed by atoms with E-state index in [1.165, 1.54) is 57.8 Å². The highest BCUT2D eigenvalue weighted by atomic mass is 35.5. The van der Waals surface area contributed by atoms with Crippen LogP contribution in [-0.4, -0.2) is 12.6 Å². The summed E-state index contributed by atoms with van der Waals surface area (Å²) >= 11 is 5.88. The van der Waals surface area contributed by atoms with Crippen LogP contribution in [0.15, 0.2) is 24.3 Å². The van der Waals surface area contributed by atoms with E-state index in [1.807, 2.05) is 12.1 Å². The topological polar surface area (TPSA) is 41.1 Å². The molecule has 0 unspecified atom stereocenters. The fourth-order valence-corrected chi connectivity index (χ4v) is 2.75. The highest BCUT2D eigenvalue weighted by Gasteiger charge is 2.01. The van der Waals surface area contributed by atoms with Crippen molar-refractivity contribution in [2.45, 2.75) is 71.1 Å². The third-order valence-corrected chi connectivity index (χ3v) is 4.13. The summed E-state index contributed by atoms with van der Waals surface area (Å²) in [7, 11) is 0. The Morgan fingerprint density at radius 3 is 2.17 bits per heavy atom. The predicted molar refractivity (Wildman–Crippen MR) is 100 cm³/mol. The molecule has 0 fully saturated rings. The summed E-state index contributed by atoms with van der Waals surface area (Å²) in [5, 5.41) is 6.29. The summed E-state index contributed by atoms with van der Waals surface area (Å²) in [6, 6.07) is 7.01. The van der Waals surface area contributed by atoms with Crippen molar-refractivity contribution in [3.8, 4) is 0 Å². The number of carbonyl (C=O) groups is 1. The third-order valence-electron chi connectivity index (χ3n) is 3.90. The third kappa shape index (κ3) is 11.0. The number of benzene rings is 1. The Bertz CT molecular complexity index is 437. The average molecular weight is 339 g/mol. The van der Waals surface area contributed by atoms with Gasteiger partial charge in [-0.2, -0.15) is 0 Å². The molecule has 2 amide bonds. The molecule has 1 aromatic rings. The predicted octanol–water partition coefficient (Wildman–Crippen LogP) is 6.38. The van der Waals surface area contributed by atoms with Gasteiger partial charge in [-0.3, -0.25) is 0 Å². The van der Waals surface area contributed by atoms with Gasteiger partial charge < -0.3 is 10.6 Å². The van der Waals surface area contributed by atoms with Gasteiger partial charge in [-0.1, -0.05) is 82.4 Å². The van der Waals surface area contributed by atoms with E-state index in [2.05, 4.69) is 17.6 Å². The fraction of sp³-hybridized carbons (Fsp3) is 0.632. The maximum absolute atomic E-state index is 11.7. The SMILES string of the molecule is CCCCCCCCCCCCNC(=O)Nc1cccc(Cl)c1. The van der Waals surface area contributed by atoms with Crippen LogP contribution < -0.4 is 10.6 Å². The number of urea groups is 1. The molecular weight excluding hydrogens is 308 g/mol. The molecule has 0 aliphatic rings. The van der Waals surface area contributed by atoms with Crippen molar-refractivity contribution in [2.24, 2.45) is 0 Å². The summed E-state index contributed by atoms with van der Waals surface area (Å²) in [4.78, 5) is 11.7. The smallest absolute Gasteiger partial charge is 0.319 e. The molecule has 0 bridgehead atoms. The van der Waals surface area contributed by atoms with Crippen LogP contribution in [0.25, 0.3) is 0 Å². The van der Waals surface area contributed by atoms with E-state index in [9.17, 15) is 4.79 Å². The number of amides is 2. The molecule has 3 nitrogen and oxygen atoms in total. The van der Waals surface area contributed by atoms with E-state index in [0.717, 1.165) is 18.7 Å². The lowest BCUT2D eigenvalue weighted by Gasteiger charge is -2.08. The van der Waals surface area contributed by atoms with Gasteiger partial charge in [0, 0.05) is 17.3 Å². The second-order valence-corrected chi connectivity index (χ2v) is 6.51. The first-order chi connectivity index (χ1) is 11.2. The van der Waals surface area contributed by atoms with Gasteiger partial charge >= 0.3 is 6.03 Å². The number of hydrogen-bond donors (Lipinski definition) is 2. The number of halogens is 1. The molecule has 23 heavy (non-hydrogen) atoms. The molecule has 0 saturated carbocycles. The van der Waals surface area contributed by atoms with Crippen molar-refractivity contribution >= 4 is 23.3 Å². The number of carbonyl (C=O) groups excluding carboxylic acids is 1. The minimum absolute atomic E-state index is 0.164. The Hall–Kier alpha value is -1.22. The van der Waals surface area contributed by atoms with Gasteiger partial charge in [0.05, 0.1) is 0 Å². The highest BCUT2D eigenvalue weighted by Crippen LogP contribution is 2.14. The quantitative estimate of drug-likeness (QED) is 0.426. The molecule has 1 rings (SSSR count). The number of unbranched alkanes of at least 4 members (excludes halogenated alkanes) is 9. The lowest BCUT2D eigenvalue weighted by Crippen LogP contribution is -2.29. The summed E-state index contributed by atoms with van der Waals surface area (Å²) in [6.45, 7) is 2.98. The standard InChI is InChI=1S/C19H31ClN2O/c1-2-3-4-5-6-7-8-9-10-11-15-21-19(23)22-18-14-12-13-17(20)16-18/h12-14,16H,2-11,15H2,1H3,(H2,21,22,23). The zero-order valence-electron chi connectivity index (χ0n) is 14.4. The molecule has 0 saturated heterocycles. The summed E-state index contributed by atoms with van der Waals surface area (Å²) in [5.41, 5.74) is 0.720. The van der Waals surface area contributed by atoms with Gasteiger partial charge in [0.25, 0.3) is 0 Å². The maximum atomic E-state index is 11.7. The van der Waals surface area contributed by atoms with Crippen LogP contribution in [0.5, 0.6) is 0 Å². The van der Waals surface area contributed by atoms with Crippen molar-refractivity contribution in [2.75, 3.05) is 11.9 Å². The Labute approximate surface area is 146 Å². The normalized spacial score (nSPS) is 10.5. The lowest BCUT2D eigenvalue weighted by atomic mass is 10.1. The zero-order valence-corrected chi connectivity index (χ0v) is 15.1. The Balaban J connectivity index is 1.91. The van der Waals surface area contributed by atoms with Crippen molar-refractivity contribution in [3.05, 3.63) is 29.3 Å². The molecule has 0 aliphatic heterocycles. The largest absolute Gasteiger partial charge is 0.338 e. The molecule has 0 spiro atoms. The molecule has 2 N–H and O–H groups in total. The number of rotatable bonds is 12. The van der Waals surface area contributed by atoms with Gasteiger partial charge in [0.2, 0.25) is 0 Å². The molecule has 0 heterocycles. The molecule has 0 aliphatic carbocycles. The minimum atomic E-state index is -0.164. The first-order valence-electron chi connectivity index (χ1n) is 9.03. The second kappa shape index (κ2) is 13.2. The van der Waals surface area contributed by atoms with Crippen LogP contribution in [0.3, 0.4) is 0 Å². The minimum Gasteiger partial charge on any atom is -0.338 e. The first-order valence-corrected chi connectivity index (χ1v) is 9.40. The first kappa shape index (κ1) is 19.8. The highest BCUT2D eigenvalue weighted by molar-refractivity contribution is 6.30. The van der Waals surface area contributed by atoms with Gasteiger partial charge in [0.1, 0.15) is 0 Å². The Morgan fingerprint density at radius 2 is 1.57 bits per heavy atom. The van der Waals surface area contributed by atoms with E-state index in [1.54, 1.807) is 12.1 Å². The maximum Gasteiger partial charge on any atom is 0.319 e. The molecule has 0 atom stereocenters. The van der Waals surface area contributed by atoms with E-state index >= 15 is 0 Å². The van der Waals surface area contributed by atoms with E-state index in [-0.39, 0.29) is 6.03 Å². The number of nitrogens with one attached hydrogen (secondary N) is 2. The molecule has 0 aromatic heterocycles. The van der Waals surface area contributed by atoms with E-state index < -0.39 is 0 Å². The monoisotopic (exact) mass is 338 g/mol. The van der Waals surface area contributed by atoms with Crippen LogP contribution in [0, 0.1) is 0 Å². The van der Waals surface area contributed by atoms with Gasteiger partial charge in [-0.15, -0.1) is 0 Å². The van der Waals surface area contributed by atoms with E-state index in [0.29, 0.717) is 5.02 Å². The average Bonchev–Trinajstić information content (AvgIpc) is 2.52. The number of anilines is 1. The van der Waals surface area contributed by atoms with Crippen LogP contribution >= 0.6 is 11.6 Å². The molecule has 1 aromatic carbocycles. The van der Waals surface area contributed by atoms with Crippen LogP contribution in [0.4, 0.5) is 10.5 Å². The Kier molecular flexibility index (Phi) is 11.4. The zero-order chi connectivity index (χ0) is 16.8. The van der Waals surface area contributed by atoms with E-state index in [4.69, 9.17) is 11.6 Å². The molecule has 0 radical (unpaired) electrons. The van der Waals surface area contributed by atoms with Gasteiger partial charge in [-0.05, 0) is 24.6 Å². The summed E-state index contributed by atoms with van der Waals surface area (Å²) in [5.74, 6) is 0. The number of hydrogen-bond acceptors (Lipinski definition) is 1. The van der Waals surface area contributed by atoms with Crippen molar-refractivity contribution in [1.29, 1.82) is 0 Å². The van der Waals surface area contributed by atoms with Crippen LogP contribution in [0.1, 0.15) is 71.1 Å². The van der Waals surface area contributed by atoms with Gasteiger partial charge in [0.15, 0.2) is 0 Å². The Morgan fingerprint density at radius 1 is 0.957 bits per heavy atom. The fourth-order valence-electron chi connectivity index (χ4n) is 2.56. The van der Waals surface area contributed by atoms with Crippen molar-refractivity contribution in [3.63, 3.8) is 0 Å².